The molecule has 1 aliphatic heterocycles. The highest BCUT2D eigenvalue weighted by molar-refractivity contribution is 7.89. The molecule has 1 aromatic rings. The molecule has 2 rings (SSSR count). The molecule has 0 atom stereocenters. The maximum absolute atomic E-state index is 12.3. The van der Waals surface area contributed by atoms with E-state index in [0.29, 0.717) is 31.6 Å². The molecular formula is C15H19NO4S. The van der Waals surface area contributed by atoms with Crippen LogP contribution in [0.1, 0.15) is 24.0 Å². The monoisotopic (exact) mass is 309 g/mol. The number of aliphatic hydroxyl groups excluding tert-OH is 1. The number of ether oxygens (including phenoxy) is 1. The van der Waals surface area contributed by atoms with Gasteiger partial charge in [-0.3, -0.25) is 0 Å². The smallest absolute Gasteiger partial charge is 0.240 e. The minimum atomic E-state index is -3.52. The van der Waals surface area contributed by atoms with E-state index < -0.39 is 10.0 Å². The van der Waals surface area contributed by atoms with Crippen molar-refractivity contribution in [3.05, 3.63) is 29.3 Å². The Morgan fingerprint density at radius 1 is 1.38 bits per heavy atom. The highest BCUT2D eigenvalue weighted by Gasteiger charge is 2.22. The first-order valence-electron chi connectivity index (χ1n) is 6.83. The average molecular weight is 309 g/mol. The third kappa shape index (κ3) is 4.29. The van der Waals surface area contributed by atoms with Crippen LogP contribution in [-0.2, 0) is 14.8 Å². The summed E-state index contributed by atoms with van der Waals surface area (Å²) in [7, 11) is -3.52. The number of rotatable bonds is 3. The highest BCUT2D eigenvalue weighted by atomic mass is 32.2. The van der Waals surface area contributed by atoms with Crippen molar-refractivity contribution < 1.29 is 18.3 Å². The fraction of sp³-hybridized carbons (Fsp3) is 0.467. The molecule has 1 fully saturated rings. The van der Waals surface area contributed by atoms with E-state index in [1.807, 2.05) is 0 Å². The van der Waals surface area contributed by atoms with Gasteiger partial charge < -0.3 is 9.84 Å². The molecule has 0 radical (unpaired) electrons. The molecule has 0 bridgehead atoms. The lowest BCUT2D eigenvalue weighted by atomic mass is 10.1. The SMILES string of the molecule is Cc1cc(S(=O)(=O)NC2CCOCC2)ccc1C#CCO. The van der Waals surface area contributed by atoms with E-state index in [-0.39, 0.29) is 17.5 Å². The lowest BCUT2D eigenvalue weighted by molar-refractivity contribution is 0.0832. The largest absolute Gasteiger partial charge is 0.384 e. The van der Waals surface area contributed by atoms with E-state index in [0.717, 1.165) is 5.56 Å². The van der Waals surface area contributed by atoms with E-state index >= 15 is 0 Å². The van der Waals surface area contributed by atoms with Crippen LogP contribution in [0, 0.1) is 18.8 Å². The number of aliphatic hydroxyl groups is 1. The maximum atomic E-state index is 12.3. The van der Waals surface area contributed by atoms with E-state index in [2.05, 4.69) is 16.6 Å². The van der Waals surface area contributed by atoms with Crippen molar-refractivity contribution in [1.82, 2.24) is 4.72 Å². The zero-order valence-electron chi connectivity index (χ0n) is 11.9. The van der Waals surface area contributed by atoms with Crippen LogP contribution in [0.15, 0.2) is 23.1 Å². The minimum Gasteiger partial charge on any atom is -0.384 e. The summed E-state index contributed by atoms with van der Waals surface area (Å²) in [5.41, 5.74) is 1.49. The van der Waals surface area contributed by atoms with Crippen molar-refractivity contribution >= 4 is 10.0 Å². The second-order valence-electron chi connectivity index (χ2n) is 4.94. The molecule has 1 aliphatic rings. The molecule has 2 N–H and O–H groups in total. The van der Waals surface area contributed by atoms with Crippen LogP contribution in [0.2, 0.25) is 0 Å². The van der Waals surface area contributed by atoms with Crippen molar-refractivity contribution in [2.45, 2.75) is 30.7 Å². The molecule has 5 nitrogen and oxygen atoms in total. The Labute approximate surface area is 125 Å². The molecule has 1 heterocycles. The van der Waals surface area contributed by atoms with E-state index in [9.17, 15) is 8.42 Å². The van der Waals surface area contributed by atoms with Gasteiger partial charge in [-0.2, -0.15) is 0 Å². The fourth-order valence-corrected chi connectivity index (χ4v) is 3.57. The summed E-state index contributed by atoms with van der Waals surface area (Å²) in [5.74, 6) is 5.35. The third-order valence-electron chi connectivity index (χ3n) is 3.35. The van der Waals surface area contributed by atoms with Crippen LogP contribution in [0.25, 0.3) is 0 Å². The predicted molar refractivity (Wildman–Crippen MR) is 79.3 cm³/mol. The Morgan fingerprint density at radius 2 is 2.10 bits per heavy atom. The van der Waals surface area contributed by atoms with Gasteiger partial charge in [0.25, 0.3) is 0 Å². The predicted octanol–water partition coefficient (Wildman–Crippen LogP) is 0.796. The van der Waals surface area contributed by atoms with Gasteiger partial charge in [0, 0.05) is 24.8 Å². The van der Waals surface area contributed by atoms with E-state index in [1.54, 1.807) is 19.1 Å². The molecule has 21 heavy (non-hydrogen) atoms. The van der Waals surface area contributed by atoms with Crippen LogP contribution in [0.4, 0.5) is 0 Å². The minimum absolute atomic E-state index is 0.0714. The summed E-state index contributed by atoms with van der Waals surface area (Å²) >= 11 is 0. The summed E-state index contributed by atoms with van der Waals surface area (Å²) < 4.78 is 32.6. The summed E-state index contributed by atoms with van der Waals surface area (Å²) in [6, 6.07) is 4.73. The molecule has 0 spiro atoms. The topological polar surface area (TPSA) is 75.6 Å². The molecule has 0 amide bonds. The van der Waals surface area contributed by atoms with Gasteiger partial charge in [-0.15, -0.1) is 0 Å². The first-order valence-corrected chi connectivity index (χ1v) is 8.32. The molecule has 1 saturated heterocycles. The highest BCUT2D eigenvalue weighted by Crippen LogP contribution is 2.17. The zero-order valence-corrected chi connectivity index (χ0v) is 12.7. The average Bonchev–Trinajstić information content (AvgIpc) is 2.46. The quantitative estimate of drug-likeness (QED) is 0.810. The second-order valence-corrected chi connectivity index (χ2v) is 6.66. The van der Waals surface area contributed by atoms with Gasteiger partial charge in [-0.1, -0.05) is 11.8 Å². The summed E-state index contributed by atoms with van der Waals surface area (Å²) in [6.07, 6.45) is 1.39. The van der Waals surface area contributed by atoms with Crippen LogP contribution in [0.3, 0.4) is 0 Å². The Balaban J connectivity index is 2.18. The lowest BCUT2D eigenvalue weighted by Crippen LogP contribution is -2.38. The van der Waals surface area contributed by atoms with Gasteiger partial charge in [-0.25, -0.2) is 13.1 Å². The maximum Gasteiger partial charge on any atom is 0.240 e. The van der Waals surface area contributed by atoms with Crippen molar-refractivity contribution in [2.75, 3.05) is 19.8 Å². The van der Waals surface area contributed by atoms with Gasteiger partial charge >= 0.3 is 0 Å². The summed E-state index contributed by atoms with van der Waals surface area (Å²) in [5, 5.41) is 8.69. The number of benzene rings is 1. The summed E-state index contributed by atoms with van der Waals surface area (Å²) in [6.45, 7) is 2.75. The van der Waals surface area contributed by atoms with Crippen LogP contribution in [0.5, 0.6) is 0 Å². The Hall–Kier alpha value is -1.39. The van der Waals surface area contributed by atoms with Crippen LogP contribution < -0.4 is 4.72 Å². The standard InChI is InChI=1S/C15H19NO4S/c1-12-11-15(5-4-13(12)3-2-8-17)21(18,19)16-14-6-9-20-10-7-14/h4-5,11,14,16-17H,6-10H2,1H3. The Bertz CT molecular complexity index is 652. The molecule has 0 aromatic heterocycles. The Morgan fingerprint density at radius 3 is 2.71 bits per heavy atom. The third-order valence-corrected chi connectivity index (χ3v) is 4.87. The Kier molecular flexibility index (Phi) is 5.37. The van der Waals surface area contributed by atoms with E-state index in [4.69, 9.17) is 9.84 Å². The molecule has 6 heteroatoms. The van der Waals surface area contributed by atoms with Gasteiger partial charge in [0.15, 0.2) is 0 Å². The molecule has 0 saturated carbocycles. The molecule has 0 aliphatic carbocycles. The first kappa shape index (κ1) is 16.0. The van der Waals surface area contributed by atoms with Crippen molar-refractivity contribution in [3.8, 4) is 11.8 Å². The second kappa shape index (κ2) is 7.05. The molecule has 1 aromatic carbocycles. The molecule has 0 unspecified atom stereocenters. The van der Waals surface area contributed by atoms with Gasteiger partial charge in [0.2, 0.25) is 10.0 Å². The van der Waals surface area contributed by atoms with E-state index in [1.165, 1.54) is 6.07 Å². The number of aryl methyl sites for hydroxylation is 1. The zero-order chi connectivity index (χ0) is 15.3. The van der Waals surface area contributed by atoms with Gasteiger partial charge in [-0.05, 0) is 43.5 Å². The number of hydrogen-bond acceptors (Lipinski definition) is 4. The lowest BCUT2D eigenvalue weighted by Gasteiger charge is -2.23. The van der Waals surface area contributed by atoms with Crippen LogP contribution in [-0.4, -0.2) is 39.4 Å². The first-order chi connectivity index (χ1) is 10.0. The number of nitrogens with one attached hydrogen (secondary N) is 1. The number of sulfonamides is 1. The number of hydrogen-bond donors (Lipinski definition) is 2. The molecule has 114 valence electrons. The molecular weight excluding hydrogens is 290 g/mol. The fourth-order valence-electron chi connectivity index (χ4n) is 2.18. The van der Waals surface area contributed by atoms with Gasteiger partial charge in [0.05, 0.1) is 4.90 Å². The normalized spacial score (nSPS) is 16.3. The summed E-state index contributed by atoms with van der Waals surface area (Å²) in [4.78, 5) is 0.237. The van der Waals surface area contributed by atoms with Crippen molar-refractivity contribution in [1.29, 1.82) is 0 Å². The van der Waals surface area contributed by atoms with Gasteiger partial charge in [0.1, 0.15) is 6.61 Å². The van der Waals surface area contributed by atoms with Crippen molar-refractivity contribution in [3.63, 3.8) is 0 Å². The van der Waals surface area contributed by atoms with Crippen LogP contribution >= 0.6 is 0 Å². The van der Waals surface area contributed by atoms with Crippen molar-refractivity contribution in [2.24, 2.45) is 0 Å².